The van der Waals surface area contributed by atoms with Gasteiger partial charge in [-0.1, -0.05) is 146 Å². The highest BCUT2D eigenvalue weighted by atomic mass is 32.1. The summed E-state index contributed by atoms with van der Waals surface area (Å²) in [6.45, 7) is 0. The third-order valence-electron chi connectivity index (χ3n) is 10.7. The molecule has 0 radical (unpaired) electrons. The number of hydrogen-bond acceptors (Lipinski definition) is 5. The van der Waals surface area contributed by atoms with Crippen molar-refractivity contribution in [1.29, 1.82) is 0 Å². The first kappa shape index (κ1) is 33.8. The van der Waals surface area contributed by atoms with E-state index in [9.17, 15) is 0 Å². The molecule has 11 rings (SSSR count). The predicted molar refractivity (Wildman–Crippen MR) is 240 cm³/mol. The van der Waals surface area contributed by atoms with Crippen molar-refractivity contribution in [2.75, 3.05) is 0 Å². The molecule has 0 atom stereocenters. The zero-order valence-electron chi connectivity index (χ0n) is 31.2. The fraction of sp³-hybridized carbons (Fsp3) is 0. The van der Waals surface area contributed by atoms with Crippen LogP contribution in [0.15, 0.2) is 200 Å². The van der Waals surface area contributed by atoms with Gasteiger partial charge in [0, 0.05) is 48.1 Å². The lowest BCUT2D eigenvalue weighted by Gasteiger charge is -2.13. The normalized spacial score (nSPS) is 11.4. The van der Waals surface area contributed by atoms with Gasteiger partial charge in [0.25, 0.3) is 0 Å². The topological polar surface area (TPSA) is 56.5 Å². The Bertz CT molecular complexity index is 3210. The van der Waals surface area contributed by atoms with Crippen LogP contribution in [-0.4, -0.2) is 24.5 Å². The van der Waals surface area contributed by atoms with E-state index in [1.54, 1.807) is 11.3 Å². The zero-order chi connectivity index (χ0) is 38.4. The smallest absolute Gasteiger partial charge is 0.164 e. The second kappa shape index (κ2) is 14.2. The number of imidazole rings is 1. The maximum atomic E-state index is 5.37. The molecule has 0 spiro atoms. The van der Waals surface area contributed by atoms with Crippen LogP contribution in [0.4, 0.5) is 0 Å². The Hall–Kier alpha value is -7.54. The first-order chi connectivity index (χ1) is 28.7. The Labute approximate surface area is 339 Å². The largest absolute Gasteiger partial charge is 0.292 e. The van der Waals surface area contributed by atoms with Crippen LogP contribution in [0.3, 0.4) is 0 Å². The fourth-order valence-corrected chi connectivity index (χ4v) is 9.14. The monoisotopic (exact) mass is 759 g/mol. The molecule has 58 heavy (non-hydrogen) atoms. The molecule has 0 saturated carbocycles. The summed E-state index contributed by atoms with van der Waals surface area (Å²) in [7, 11) is 0. The average Bonchev–Trinajstić information content (AvgIpc) is 3.89. The van der Waals surface area contributed by atoms with Gasteiger partial charge in [-0.2, -0.15) is 0 Å². The van der Waals surface area contributed by atoms with Gasteiger partial charge in [0.05, 0.1) is 11.0 Å². The average molecular weight is 760 g/mol. The minimum atomic E-state index is 0.612. The van der Waals surface area contributed by atoms with Crippen LogP contribution >= 0.6 is 11.3 Å². The predicted octanol–water partition coefficient (Wildman–Crippen LogP) is 13.6. The van der Waals surface area contributed by atoms with E-state index in [4.69, 9.17) is 19.9 Å². The number of nitrogens with zero attached hydrogens (tertiary/aromatic N) is 5. The molecular weight excluding hydrogens is 727 g/mol. The second-order valence-electron chi connectivity index (χ2n) is 14.3. The molecule has 0 saturated heterocycles. The highest BCUT2D eigenvalue weighted by Crippen LogP contribution is 2.45. The summed E-state index contributed by atoms with van der Waals surface area (Å²) < 4.78 is 4.60. The van der Waals surface area contributed by atoms with Gasteiger partial charge >= 0.3 is 0 Å². The highest BCUT2D eigenvalue weighted by molar-refractivity contribution is 7.26. The van der Waals surface area contributed by atoms with Gasteiger partial charge in [0.2, 0.25) is 0 Å². The minimum absolute atomic E-state index is 0.612. The zero-order valence-corrected chi connectivity index (χ0v) is 32.0. The number of thiophene rings is 1. The van der Waals surface area contributed by atoms with Gasteiger partial charge in [-0.15, -0.1) is 11.3 Å². The van der Waals surface area contributed by atoms with Gasteiger partial charge in [-0.05, 0) is 76.9 Å². The first-order valence-electron chi connectivity index (χ1n) is 19.3. The van der Waals surface area contributed by atoms with Gasteiger partial charge in [0.1, 0.15) is 5.82 Å². The Morgan fingerprint density at radius 3 is 1.47 bits per heavy atom. The molecule has 0 aliphatic heterocycles. The lowest BCUT2D eigenvalue weighted by molar-refractivity contribution is 1.08. The van der Waals surface area contributed by atoms with Crippen molar-refractivity contribution in [3.05, 3.63) is 200 Å². The number of benzene rings is 8. The summed E-state index contributed by atoms with van der Waals surface area (Å²) in [6, 6.07) is 69.7. The van der Waals surface area contributed by atoms with Crippen LogP contribution in [-0.2, 0) is 0 Å². The van der Waals surface area contributed by atoms with E-state index in [2.05, 4.69) is 168 Å². The molecule has 0 amide bonds. The number of para-hydroxylation sites is 3. The molecule has 0 unspecified atom stereocenters. The van der Waals surface area contributed by atoms with E-state index in [-0.39, 0.29) is 0 Å². The molecular formula is C52H33N5S. The summed E-state index contributed by atoms with van der Waals surface area (Å²) in [5.74, 6) is 2.74. The standard InChI is InChI=1S/C52H33N5S/c1-5-17-34(18-6-1)37-31-38(35-19-7-2-8-20-35)33-39(32-37)50-54-49(36-21-9-3-10-22-36)55-51(56-50)41-25-15-29-45-47(41)48-42(26-16-30-46(48)58-45)52-53-43-27-13-14-28-44(43)57(52)40-23-11-4-12-24-40/h1-33H. The molecule has 0 aliphatic carbocycles. The van der Waals surface area contributed by atoms with Crippen molar-refractivity contribution >= 4 is 42.5 Å². The van der Waals surface area contributed by atoms with Crippen LogP contribution in [0.1, 0.15) is 0 Å². The fourth-order valence-electron chi connectivity index (χ4n) is 7.98. The molecule has 3 aromatic heterocycles. The van der Waals surface area contributed by atoms with Gasteiger partial charge in [0.15, 0.2) is 17.5 Å². The maximum absolute atomic E-state index is 5.37. The van der Waals surface area contributed by atoms with Crippen molar-refractivity contribution in [3.8, 4) is 73.5 Å². The van der Waals surface area contributed by atoms with Gasteiger partial charge in [-0.3, -0.25) is 4.57 Å². The molecule has 0 bridgehead atoms. The summed E-state index contributed by atoms with van der Waals surface area (Å²) in [5.41, 5.74) is 11.3. The summed E-state index contributed by atoms with van der Waals surface area (Å²) in [5, 5.41) is 2.23. The molecule has 8 aromatic carbocycles. The first-order valence-corrected chi connectivity index (χ1v) is 20.1. The van der Waals surface area contributed by atoms with Crippen LogP contribution in [0, 0.1) is 0 Å². The molecule has 11 aromatic rings. The highest BCUT2D eigenvalue weighted by Gasteiger charge is 2.22. The van der Waals surface area contributed by atoms with E-state index in [1.807, 2.05) is 36.4 Å². The Morgan fingerprint density at radius 1 is 0.345 bits per heavy atom. The second-order valence-corrected chi connectivity index (χ2v) is 15.3. The van der Waals surface area contributed by atoms with Crippen molar-refractivity contribution in [2.24, 2.45) is 0 Å². The number of aromatic nitrogens is 5. The third-order valence-corrected chi connectivity index (χ3v) is 11.8. The maximum Gasteiger partial charge on any atom is 0.164 e. The van der Waals surface area contributed by atoms with Crippen LogP contribution in [0.5, 0.6) is 0 Å². The van der Waals surface area contributed by atoms with E-state index < -0.39 is 0 Å². The van der Waals surface area contributed by atoms with Gasteiger partial charge < -0.3 is 0 Å². The molecule has 5 nitrogen and oxygen atoms in total. The van der Waals surface area contributed by atoms with Crippen LogP contribution < -0.4 is 0 Å². The van der Waals surface area contributed by atoms with Crippen LogP contribution in [0.2, 0.25) is 0 Å². The summed E-state index contributed by atoms with van der Waals surface area (Å²) >= 11 is 1.78. The van der Waals surface area contributed by atoms with E-state index >= 15 is 0 Å². The number of hydrogen-bond donors (Lipinski definition) is 0. The summed E-state index contributed by atoms with van der Waals surface area (Å²) in [4.78, 5) is 21.1. The van der Waals surface area contributed by atoms with Gasteiger partial charge in [-0.25, -0.2) is 19.9 Å². The summed E-state index contributed by atoms with van der Waals surface area (Å²) in [6.07, 6.45) is 0. The van der Waals surface area contributed by atoms with E-state index in [0.29, 0.717) is 17.5 Å². The molecule has 272 valence electrons. The number of fused-ring (bicyclic) bond motifs is 4. The van der Waals surface area contributed by atoms with E-state index in [1.165, 1.54) is 4.70 Å². The van der Waals surface area contributed by atoms with Crippen molar-refractivity contribution in [3.63, 3.8) is 0 Å². The lowest BCUT2D eigenvalue weighted by Crippen LogP contribution is -2.01. The Kier molecular flexibility index (Phi) is 8.26. The number of rotatable bonds is 7. The Balaban J connectivity index is 1.18. The SMILES string of the molecule is c1ccc(-c2cc(-c3ccccc3)cc(-c3nc(-c4ccccc4)nc(-c4cccc5sc6cccc(-c7nc8ccccc8n7-c7ccccc7)c6c45)n3)c2)cc1. The molecule has 3 heterocycles. The molecule has 0 fully saturated rings. The van der Waals surface area contributed by atoms with E-state index in [0.717, 1.165) is 82.5 Å². The quantitative estimate of drug-likeness (QED) is 0.162. The third kappa shape index (κ3) is 5.95. The lowest BCUT2D eigenvalue weighted by atomic mass is 9.95. The van der Waals surface area contributed by atoms with Crippen molar-refractivity contribution in [2.45, 2.75) is 0 Å². The van der Waals surface area contributed by atoms with Crippen molar-refractivity contribution in [1.82, 2.24) is 24.5 Å². The minimum Gasteiger partial charge on any atom is -0.292 e. The Morgan fingerprint density at radius 2 is 0.828 bits per heavy atom. The van der Waals surface area contributed by atoms with Crippen molar-refractivity contribution < 1.29 is 0 Å². The molecule has 0 N–H and O–H groups in total. The molecule has 6 heteroatoms. The van der Waals surface area contributed by atoms with Crippen LogP contribution in [0.25, 0.3) is 105 Å². The molecule has 0 aliphatic rings.